The van der Waals surface area contributed by atoms with Crippen molar-refractivity contribution in [2.75, 3.05) is 0 Å². The van der Waals surface area contributed by atoms with Gasteiger partial charge in [0.05, 0.1) is 0 Å². The Morgan fingerprint density at radius 2 is 1.62 bits per heavy atom. The van der Waals surface area contributed by atoms with E-state index >= 15 is 0 Å². The number of nitrogens with zero attached hydrogens (tertiary/aromatic N) is 1. The van der Waals surface area contributed by atoms with Crippen molar-refractivity contribution < 1.29 is 9.59 Å². The molecule has 0 saturated heterocycles. The minimum absolute atomic E-state index is 0.273. The van der Waals surface area contributed by atoms with Gasteiger partial charge in [-0.05, 0) is 35.6 Å². The first kappa shape index (κ1) is 15.7. The van der Waals surface area contributed by atoms with E-state index < -0.39 is 5.91 Å². The van der Waals surface area contributed by atoms with Gasteiger partial charge in [-0.3, -0.25) is 25.4 Å². The van der Waals surface area contributed by atoms with Gasteiger partial charge in [-0.25, -0.2) is 0 Å². The predicted molar refractivity (Wildman–Crippen MR) is 92.5 cm³/mol. The molecule has 24 heavy (non-hydrogen) atoms. The van der Waals surface area contributed by atoms with E-state index in [0.717, 1.165) is 22.8 Å². The quantitative estimate of drug-likeness (QED) is 0.729. The maximum atomic E-state index is 12.3. The number of nitrogens with one attached hydrogen (secondary N) is 2. The lowest BCUT2D eigenvalue weighted by molar-refractivity contribution is 0.0845. The highest BCUT2D eigenvalue weighted by Crippen LogP contribution is 2.15. The Kier molecular flexibility index (Phi) is 4.52. The zero-order valence-corrected chi connectivity index (χ0v) is 13.2. The smallest absolute Gasteiger partial charge is 0.267 e. The molecular weight excluding hydrogens is 302 g/mol. The summed E-state index contributed by atoms with van der Waals surface area (Å²) in [6, 6.07) is 16.5. The summed E-state index contributed by atoms with van der Waals surface area (Å²) in [5, 5.41) is 1.65. The van der Waals surface area contributed by atoms with Gasteiger partial charge in [0, 0.05) is 17.1 Å². The second-order valence-corrected chi connectivity index (χ2v) is 5.34. The molecule has 3 aromatic rings. The number of hydrazine groups is 1. The van der Waals surface area contributed by atoms with Gasteiger partial charge in [-0.15, -0.1) is 0 Å². The summed E-state index contributed by atoms with van der Waals surface area (Å²) in [5.74, 6) is -0.823. The summed E-state index contributed by atoms with van der Waals surface area (Å²) in [7, 11) is 0. The number of hydrogen-bond donors (Lipinski definition) is 2. The van der Waals surface area contributed by atoms with Crippen LogP contribution in [0.25, 0.3) is 10.8 Å². The first-order chi connectivity index (χ1) is 11.7. The summed E-state index contributed by atoms with van der Waals surface area (Å²) in [6.07, 6.45) is 2.48. The molecule has 0 spiro atoms. The van der Waals surface area contributed by atoms with Crippen molar-refractivity contribution in [1.82, 2.24) is 15.8 Å². The van der Waals surface area contributed by atoms with Crippen LogP contribution in [-0.4, -0.2) is 16.8 Å². The molecule has 0 radical (unpaired) electrons. The molecule has 5 nitrogen and oxygen atoms in total. The van der Waals surface area contributed by atoms with Gasteiger partial charge in [0.15, 0.2) is 0 Å². The molecule has 0 bridgehead atoms. The van der Waals surface area contributed by atoms with Crippen LogP contribution < -0.4 is 10.9 Å². The van der Waals surface area contributed by atoms with E-state index in [0.29, 0.717) is 5.56 Å². The van der Waals surface area contributed by atoms with Crippen LogP contribution in [0.4, 0.5) is 0 Å². The highest BCUT2D eigenvalue weighted by Gasteiger charge is 2.13. The summed E-state index contributed by atoms with van der Waals surface area (Å²) in [5.41, 5.74) is 6.74. The van der Waals surface area contributed by atoms with E-state index in [4.69, 9.17) is 0 Å². The van der Waals surface area contributed by atoms with Crippen LogP contribution in [0, 0.1) is 0 Å². The van der Waals surface area contributed by atoms with Crippen LogP contribution in [0.15, 0.2) is 60.8 Å². The molecule has 0 aliphatic heterocycles. The fourth-order valence-electron chi connectivity index (χ4n) is 2.44. The highest BCUT2D eigenvalue weighted by molar-refractivity contribution is 6.06. The molecule has 0 saturated carbocycles. The van der Waals surface area contributed by atoms with Crippen molar-refractivity contribution in [3.8, 4) is 0 Å². The molecule has 3 rings (SSSR count). The second-order valence-electron chi connectivity index (χ2n) is 5.34. The minimum Gasteiger partial charge on any atom is -0.267 e. The van der Waals surface area contributed by atoms with Gasteiger partial charge in [0.2, 0.25) is 0 Å². The highest BCUT2D eigenvalue weighted by atomic mass is 16.2. The monoisotopic (exact) mass is 319 g/mol. The Labute approximate surface area is 139 Å². The Bertz CT molecular complexity index is 883. The standard InChI is InChI=1S/C19H17N3O2/c1-2-13-7-9-15(10-8-13)18(23)21-22-19(24)17-16-6-4-3-5-14(16)11-12-20-17/h3-12H,2H2,1H3,(H,21,23)(H,22,24). The fourth-order valence-corrected chi connectivity index (χ4v) is 2.44. The van der Waals surface area contributed by atoms with Gasteiger partial charge < -0.3 is 0 Å². The van der Waals surface area contributed by atoms with E-state index in [1.165, 1.54) is 0 Å². The van der Waals surface area contributed by atoms with Gasteiger partial charge in [-0.1, -0.05) is 43.3 Å². The summed E-state index contributed by atoms with van der Waals surface area (Å²) < 4.78 is 0. The number of rotatable bonds is 3. The zero-order chi connectivity index (χ0) is 16.9. The molecule has 0 atom stereocenters. The van der Waals surface area contributed by atoms with Crippen molar-refractivity contribution in [3.63, 3.8) is 0 Å². The number of benzene rings is 2. The molecule has 120 valence electrons. The summed E-state index contributed by atoms with van der Waals surface area (Å²) >= 11 is 0. The average Bonchev–Trinajstić information content (AvgIpc) is 2.65. The number of fused-ring (bicyclic) bond motifs is 1. The van der Waals surface area contributed by atoms with Crippen LogP contribution in [0.3, 0.4) is 0 Å². The molecule has 1 aromatic heterocycles. The second kappa shape index (κ2) is 6.91. The molecular formula is C19H17N3O2. The Morgan fingerprint density at radius 3 is 2.38 bits per heavy atom. The van der Waals surface area contributed by atoms with Gasteiger partial charge >= 0.3 is 0 Å². The maximum Gasteiger partial charge on any atom is 0.288 e. The van der Waals surface area contributed by atoms with Gasteiger partial charge in [0.25, 0.3) is 11.8 Å². The molecule has 0 unspecified atom stereocenters. The first-order valence-corrected chi connectivity index (χ1v) is 7.72. The van der Waals surface area contributed by atoms with Crippen LogP contribution in [0.1, 0.15) is 33.3 Å². The van der Waals surface area contributed by atoms with Gasteiger partial charge in [0.1, 0.15) is 5.69 Å². The van der Waals surface area contributed by atoms with E-state index in [1.54, 1.807) is 18.3 Å². The molecule has 2 aromatic carbocycles. The zero-order valence-electron chi connectivity index (χ0n) is 13.2. The van der Waals surface area contributed by atoms with E-state index in [2.05, 4.69) is 15.8 Å². The molecule has 0 fully saturated rings. The lowest BCUT2D eigenvalue weighted by atomic mass is 10.1. The Balaban J connectivity index is 1.71. The fraction of sp³-hybridized carbons (Fsp3) is 0.105. The van der Waals surface area contributed by atoms with Crippen LogP contribution >= 0.6 is 0 Å². The minimum atomic E-state index is -0.453. The Hall–Kier alpha value is -3.21. The first-order valence-electron chi connectivity index (χ1n) is 7.72. The van der Waals surface area contributed by atoms with Crippen LogP contribution in [-0.2, 0) is 6.42 Å². The number of carbonyl (C=O) groups excluding carboxylic acids is 2. The molecule has 5 heteroatoms. The molecule has 1 heterocycles. The molecule has 2 N–H and O–H groups in total. The van der Waals surface area contributed by atoms with E-state index in [-0.39, 0.29) is 11.6 Å². The maximum absolute atomic E-state index is 12.3. The summed E-state index contributed by atoms with van der Waals surface area (Å²) in [6.45, 7) is 2.05. The van der Waals surface area contributed by atoms with Crippen molar-refractivity contribution >= 4 is 22.6 Å². The molecule has 0 aliphatic rings. The third-order valence-corrected chi connectivity index (χ3v) is 3.80. The van der Waals surface area contributed by atoms with Crippen molar-refractivity contribution in [2.45, 2.75) is 13.3 Å². The Morgan fingerprint density at radius 1 is 0.917 bits per heavy atom. The van der Waals surface area contributed by atoms with Crippen LogP contribution in [0.2, 0.25) is 0 Å². The number of pyridine rings is 1. The normalized spacial score (nSPS) is 10.4. The van der Waals surface area contributed by atoms with E-state index in [1.807, 2.05) is 49.4 Å². The van der Waals surface area contributed by atoms with E-state index in [9.17, 15) is 9.59 Å². The van der Waals surface area contributed by atoms with Gasteiger partial charge in [-0.2, -0.15) is 0 Å². The van der Waals surface area contributed by atoms with Crippen molar-refractivity contribution in [3.05, 3.63) is 77.6 Å². The molecule has 2 amide bonds. The number of carbonyl (C=O) groups is 2. The van der Waals surface area contributed by atoms with Crippen molar-refractivity contribution in [2.24, 2.45) is 0 Å². The lowest BCUT2D eigenvalue weighted by Crippen LogP contribution is -2.42. The van der Waals surface area contributed by atoms with Crippen LogP contribution in [0.5, 0.6) is 0 Å². The SMILES string of the molecule is CCc1ccc(C(=O)NNC(=O)c2nccc3ccccc23)cc1. The molecule has 0 aliphatic carbocycles. The predicted octanol–water partition coefficient (Wildman–Crippen LogP) is 2.87. The average molecular weight is 319 g/mol. The summed E-state index contributed by atoms with van der Waals surface area (Å²) in [4.78, 5) is 28.5. The van der Waals surface area contributed by atoms with Crippen molar-refractivity contribution in [1.29, 1.82) is 0 Å². The number of aromatic nitrogens is 1. The number of aryl methyl sites for hydroxylation is 1. The number of amides is 2. The third-order valence-electron chi connectivity index (χ3n) is 3.80. The largest absolute Gasteiger partial charge is 0.288 e. The third kappa shape index (κ3) is 3.25. The lowest BCUT2D eigenvalue weighted by Gasteiger charge is -2.09. The number of hydrogen-bond acceptors (Lipinski definition) is 3. The topological polar surface area (TPSA) is 71.1 Å².